The molecule has 0 atom stereocenters. The summed E-state index contributed by atoms with van der Waals surface area (Å²) in [5.41, 5.74) is 3.16. The second-order valence-electron chi connectivity index (χ2n) is 6.27. The van der Waals surface area contributed by atoms with E-state index in [2.05, 4.69) is 24.3 Å². The van der Waals surface area contributed by atoms with Crippen molar-refractivity contribution >= 4 is 0 Å². The average Bonchev–Trinajstić information content (AvgIpc) is 2.49. The second kappa shape index (κ2) is 5.91. The molecule has 3 rings (SSSR count). The topological polar surface area (TPSA) is 0 Å². The summed E-state index contributed by atoms with van der Waals surface area (Å²) in [6, 6.07) is 10.4. The Balaban J connectivity index is 1.75. The number of benzene rings is 1. The van der Waals surface area contributed by atoms with Crippen LogP contribution in [0.5, 0.6) is 0 Å². The van der Waals surface area contributed by atoms with Crippen molar-refractivity contribution in [3.05, 3.63) is 35.4 Å². The molecule has 0 saturated heterocycles. The standard InChI is InChI=1S/C18H25/c1-3-8-15(9-4-1)17-12-7-13-18(14-17)16-10-5-2-6-11-16/h12-16H,1-6,8-11H2. The van der Waals surface area contributed by atoms with Gasteiger partial charge in [-0.25, -0.2) is 0 Å². The van der Waals surface area contributed by atoms with Gasteiger partial charge < -0.3 is 0 Å². The first kappa shape index (κ1) is 12.3. The van der Waals surface area contributed by atoms with Crippen LogP contribution in [0.25, 0.3) is 0 Å². The molecule has 1 radical (unpaired) electrons. The van der Waals surface area contributed by atoms with Gasteiger partial charge in [0.15, 0.2) is 0 Å². The summed E-state index contributed by atoms with van der Waals surface area (Å²) in [4.78, 5) is 0. The average molecular weight is 241 g/mol. The van der Waals surface area contributed by atoms with E-state index >= 15 is 0 Å². The highest BCUT2D eigenvalue weighted by atomic mass is 14.2. The minimum atomic E-state index is 0.832. The van der Waals surface area contributed by atoms with E-state index in [-0.39, 0.29) is 0 Å². The number of hydrogen-bond acceptors (Lipinski definition) is 0. The van der Waals surface area contributed by atoms with Crippen LogP contribution in [0.15, 0.2) is 18.2 Å². The van der Waals surface area contributed by atoms with Crippen molar-refractivity contribution in [3.63, 3.8) is 0 Å². The molecule has 2 saturated carbocycles. The summed E-state index contributed by atoms with van der Waals surface area (Å²) < 4.78 is 0. The van der Waals surface area contributed by atoms with Gasteiger partial charge in [0.05, 0.1) is 0 Å². The van der Waals surface area contributed by atoms with Crippen molar-refractivity contribution in [2.75, 3.05) is 0 Å². The maximum atomic E-state index is 3.42. The van der Waals surface area contributed by atoms with Crippen molar-refractivity contribution in [1.29, 1.82) is 0 Å². The van der Waals surface area contributed by atoms with E-state index in [0.717, 1.165) is 11.8 Å². The molecular weight excluding hydrogens is 216 g/mol. The molecule has 0 unspecified atom stereocenters. The van der Waals surface area contributed by atoms with E-state index in [1.807, 2.05) is 0 Å². The molecule has 1 aromatic carbocycles. The van der Waals surface area contributed by atoms with Crippen LogP contribution < -0.4 is 0 Å². The third-order valence-corrected chi connectivity index (χ3v) is 4.99. The second-order valence-corrected chi connectivity index (χ2v) is 6.27. The van der Waals surface area contributed by atoms with Crippen molar-refractivity contribution < 1.29 is 0 Å². The Morgan fingerprint density at radius 1 is 0.667 bits per heavy atom. The van der Waals surface area contributed by atoms with Crippen LogP contribution in [0.1, 0.15) is 87.2 Å². The molecule has 0 N–H and O–H groups in total. The van der Waals surface area contributed by atoms with Gasteiger partial charge in [-0.15, -0.1) is 0 Å². The van der Waals surface area contributed by atoms with Gasteiger partial charge in [0.2, 0.25) is 0 Å². The van der Waals surface area contributed by atoms with Crippen LogP contribution in [0, 0.1) is 6.07 Å². The highest BCUT2D eigenvalue weighted by molar-refractivity contribution is 5.28. The summed E-state index contributed by atoms with van der Waals surface area (Å²) in [5, 5.41) is 0. The molecule has 0 heteroatoms. The Labute approximate surface area is 112 Å². The molecule has 0 spiro atoms. The minimum Gasteiger partial charge on any atom is -0.0552 e. The first-order chi connectivity index (χ1) is 8.93. The molecular formula is C18H25. The highest BCUT2D eigenvalue weighted by Crippen LogP contribution is 2.36. The maximum Gasteiger partial charge on any atom is -0.0162 e. The van der Waals surface area contributed by atoms with Crippen molar-refractivity contribution in [3.8, 4) is 0 Å². The first-order valence-corrected chi connectivity index (χ1v) is 7.94. The van der Waals surface area contributed by atoms with Gasteiger partial charge in [0.1, 0.15) is 0 Å². The van der Waals surface area contributed by atoms with Crippen LogP contribution in [0.2, 0.25) is 0 Å². The zero-order valence-corrected chi connectivity index (χ0v) is 11.5. The Morgan fingerprint density at radius 2 is 1.11 bits per heavy atom. The smallest absolute Gasteiger partial charge is 0.0162 e. The third kappa shape index (κ3) is 2.79. The molecule has 18 heavy (non-hydrogen) atoms. The molecule has 0 aromatic heterocycles. The summed E-state index contributed by atoms with van der Waals surface area (Å²) in [7, 11) is 0. The van der Waals surface area contributed by atoms with Crippen LogP contribution >= 0.6 is 0 Å². The SMILES string of the molecule is [c]1cc(C2CCCCC2)cc(C2CCCCC2)c1. The van der Waals surface area contributed by atoms with Gasteiger partial charge in [-0.3, -0.25) is 0 Å². The van der Waals surface area contributed by atoms with Crippen molar-refractivity contribution in [2.45, 2.75) is 76.0 Å². The van der Waals surface area contributed by atoms with Crippen LogP contribution in [-0.2, 0) is 0 Å². The third-order valence-electron chi connectivity index (χ3n) is 4.99. The van der Waals surface area contributed by atoms with Crippen molar-refractivity contribution in [2.24, 2.45) is 0 Å². The van der Waals surface area contributed by atoms with E-state index in [0.29, 0.717) is 0 Å². The zero-order chi connectivity index (χ0) is 12.2. The summed E-state index contributed by atoms with van der Waals surface area (Å²) in [6.07, 6.45) is 14.2. The zero-order valence-electron chi connectivity index (χ0n) is 11.5. The highest BCUT2D eigenvalue weighted by Gasteiger charge is 2.19. The molecule has 0 nitrogen and oxygen atoms in total. The fraction of sp³-hybridized carbons (Fsp3) is 0.667. The van der Waals surface area contributed by atoms with Crippen LogP contribution in [0.4, 0.5) is 0 Å². The van der Waals surface area contributed by atoms with Gasteiger partial charge in [0.25, 0.3) is 0 Å². The molecule has 2 aliphatic carbocycles. The summed E-state index contributed by atoms with van der Waals surface area (Å²) in [5.74, 6) is 1.66. The molecule has 0 heterocycles. The van der Waals surface area contributed by atoms with Gasteiger partial charge in [-0.2, -0.15) is 0 Å². The molecule has 1 aromatic rings. The quantitative estimate of drug-likeness (QED) is 0.634. The van der Waals surface area contributed by atoms with Gasteiger partial charge in [-0.1, -0.05) is 56.7 Å². The maximum absolute atomic E-state index is 3.42. The Hall–Kier alpha value is -0.780. The van der Waals surface area contributed by atoms with E-state index in [9.17, 15) is 0 Å². The normalized spacial score (nSPS) is 23.1. The predicted octanol–water partition coefficient (Wildman–Crippen LogP) is 5.58. The first-order valence-electron chi connectivity index (χ1n) is 7.94. The van der Waals surface area contributed by atoms with Crippen LogP contribution in [-0.4, -0.2) is 0 Å². The monoisotopic (exact) mass is 241 g/mol. The van der Waals surface area contributed by atoms with Gasteiger partial charge >= 0.3 is 0 Å². The lowest BCUT2D eigenvalue weighted by atomic mass is 9.80. The number of rotatable bonds is 2. The molecule has 0 aliphatic heterocycles. The van der Waals surface area contributed by atoms with E-state index < -0.39 is 0 Å². The Bertz CT molecular complexity index is 334. The lowest BCUT2D eigenvalue weighted by Crippen LogP contribution is -2.08. The molecule has 97 valence electrons. The van der Waals surface area contributed by atoms with Crippen LogP contribution in [0.3, 0.4) is 0 Å². The van der Waals surface area contributed by atoms with Gasteiger partial charge in [-0.05, 0) is 54.7 Å². The van der Waals surface area contributed by atoms with Crippen molar-refractivity contribution in [1.82, 2.24) is 0 Å². The Kier molecular flexibility index (Phi) is 4.02. The minimum absolute atomic E-state index is 0.832. The number of hydrogen-bond donors (Lipinski definition) is 0. The van der Waals surface area contributed by atoms with E-state index in [1.54, 1.807) is 11.1 Å². The van der Waals surface area contributed by atoms with Gasteiger partial charge in [0, 0.05) is 0 Å². The fourth-order valence-electron chi connectivity index (χ4n) is 3.85. The summed E-state index contributed by atoms with van der Waals surface area (Å²) in [6.45, 7) is 0. The van der Waals surface area contributed by atoms with E-state index in [4.69, 9.17) is 0 Å². The molecule has 2 fully saturated rings. The fourth-order valence-corrected chi connectivity index (χ4v) is 3.85. The molecule has 0 amide bonds. The Morgan fingerprint density at radius 3 is 1.56 bits per heavy atom. The summed E-state index contributed by atoms with van der Waals surface area (Å²) >= 11 is 0. The predicted molar refractivity (Wildman–Crippen MR) is 76.9 cm³/mol. The van der Waals surface area contributed by atoms with E-state index in [1.165, 1.54) is 64.2 Å². The molecule has 0 bridgehead atoms. The largest absolute Gasteiger partial charge is 0.0552 e. The lowest BCUT2D eigenvalue weighted by Gasteiger charge is -2.25. The molecule has 2 aliphatic rings. The lowest BCUT2D eigenvalue weighted by molar-refractivity contribution is 0.435.